The highest BCUT2D eigenvalue weighted by Gasteiger charge is 2.38. The van der Waals surface area contributed by atoms with Crippen molar-refractivity contribution in [2.24, 2.45) is 5.92 Å². The molecule has 0 saturated carbocycles. The molecule has 0 aromatic carbocycles. The third kappa shape index (κ3) is 3.21. The van der Waals surface area contributed by atoms with E-state index in [4.69, 9.17) is 9.15 Å². The largest absolute Gasteiger partial charge is 0.492 e. The van der Waals surface area contributed by atoms with Crippen molar-refractivity contribution in [3.63, 3.8) is 0 Å². The number of hydrogen-bond acceptors (Lipinski definition) is 7. The van der Waals surface area contributed by atoms with E-state index in [1.807, 2.05) is 19.1 Å². The van der Waals surface area contributed by atoms with Gasteiger partial charge in [0, 0.05) is 12.8 Å². The van der Waals surface area contributed by atoms with E-state index in [-0.39, 0.29) is 23.8 Å². The molecule has 0 radical (unpaired) electrons. The lowest BCUT2D eigenvalue weighted by Gasteiger charge is -2.32. The zero-order valence-corrected chi connectivity index (χ0v) is 16.4. The first kappa shape index (κ1) is 18.0. The van der Waals surface area contributed by atoms with Crippen LogP contribution in [0.4, 0.5) is 0 Å². The molecule has 1 aliphatic rings. The fourth-order valence-corrected chi connectivity index (χ4v) is 5.01. The first-order chi connectivity index (χ1) is 13.0. The number of quaternary nitrogens is 1. The van der Waals surface area contributed by atoms with E-state index < -0.39 is 0 Å². The van der Waals surface area contributed by atoms with Crippen LogP contribution in [0.5, 0.6) is 5.88 Å². The summed E-state index contributed by atoms with van der Waals surface area (Å²) in [5.41, 5.74) is 0. The van der Waals surface area contributed by atoms with Gasteiger partial charge in [0.15, 0.2) is 11.8 Å². The lowest BCUT2D eigenvalue weighted by Crippen LogP contribution is -3.13. The minimum atomic E-state index is -0.161. The van der Waals surface area contributed by atoms with Crippen molar-refractivity contribution in [3.05, 3.63) is 34.4 Å². The van der Waals surface area contributed by atoms with Crippen LogP contribution in [0.3, 0.4) is 0 Å². The summed E-state index contributed by atoms with van der Waals surface area (Å²) in [6.07, 6.45) is 1.50. The highest BCUT2D eigenvalue weighted by atomic mass is 32.1. The molecule has 0 bridgehead atoms. The van der Waals surface area contributed by atoms with E-state index >= 15 is 0 Å². The fourth-order valence-electron chi connectivity index (χ4n) is 3.84. The number of aromatic nitrogens is 3. The van der Waals surface area contributed by atoms with Crippen LogP contribution >= 0.6 is 11.3 Å². The standard InChI is InChI=1S/C18H22N4O4S/c1-10-4-5-13(26-10)14(21-8-6-12(7-9-21)17(24)25-3)15-16(23)22-18(27-15)19-11(2)20-22/h4-5,12,14,23H,6-9H2,1-3H3/p+1/t14-/m0/s1. The van der Waals surface area contributed by atoms with Gasteiger partial charge in [-0.05, 0) is 26.0 Å². The summed E-state index contributed by atoms with van der Waals surface area (Å²) in [6, 6.07) is 3.73. The summed E-state index contributed by atoms with van der Waals surface area (Å²) < 4.78 is 12.3. The molecule has 3 aromatic heterocycles. The number of thiazole rings is 1. The molecule has 4 rings (SSSR count). The molecule has 1 fully saturated rings. The van der Waals surface area contributed by atoms with Crippen molar-refractivity contribution >= 4 is 22.3 Å². The number of furan rings is 1. The van der Waals surface area contributed by atoms with E-state index in [0.717, 1.165) is 42.3 Å². The number of nitrogens with zero attached hydrogens (tertiary/aromatic N) is 3. The first-order valence-corrected chi connectivity index (χ1v) is 9.83. The van der Waals surface area contributed by atoms with Crippen molar-refractivity contribution in [3.8, 4) is 5.88 Å². The Morgan fingerprint density at radius 1 is 1.41 bits per heavy atom. The van der Waals surface area contributed by atoms with E-state index in [2.05, 4.69) is 10.1 Å². The fraction of sp³-hybridized carbons (Fsp3) is 0.500. The average Bonchev–Trinajstić information content (AvgIpc) is 3.32. The second-order valence-electron chi connectivity index (χ2n) is 6.98. The first-order valence-electron chi connectivity index (χ1n) is 9.01. The predicted octanol–water partition coefficient (Wildman–Crippen LogP) is 1.26. The third-order valence-electron chi connectivity index (χ3n) is 5.18. The SMILES string of the molecule is COC(=O)C1CC[NH+]([C@@H](c2ccc(C)o2)c2sc3nc(C)nn3c2O)CC1. The molecule has 1 saturated heterocycles. The molecule has 0 spiro atoms. The van der Waals surface area contributed by atoms with E-state index in [0.29, 0.717) is 10.8 Å². The Morgan fingerprint density at radius 3 is 2.74 bits per heavy atom. The summed E-state index contributed by atoms with van der Waals surface area (Å²) in [7, 11) is 1.43. The normalized spacial score (nSPS) is 21.4. The van der Waals surface area contributed by atoms with Gasteiger partial charge >= 0.3 is 5.97 Å². The van der Waals surface area contributed by atoms with Crippen LogP contribution in [-0.2, 0) is 9.53 Å². The van der Waals surface area contributed by atoms with Crippen LogP contribution in [0.2, 0.25) is 0 Å². The number of hydrogen-bond donors (Lipinski definition) is 2. The molecule has 1 aliphatic heterocycles. The van der Waals surface area contributed by atoms with Crippen molar-refractivity contribution in [2.45, 2.75) is 32.7 Å². The quantitative estimate of drug-likeness (QED) is 0.651. The average molecular weight is 391 g/mol. The number of esters is 1. The van der Waals surface area contributed by atoms with Gasteiger partial charge < -0.3 is 19.2 Å². The van der Waals surface area contributed by atoms with Gasteiger partial charge in [-0.15, -0.1) is 5.10 Å². The maximum Gasteiger partial charge on any atom is 0.309 e. The summed E-state index contributed by atoms with van der Waals surface area (Å²) in [4.78, 5) is 18.9. The molecular formula is C18H23N4O4S+. The molecule has 0 aliphatic carbocycles. The van der Waals surface area contributed by atoms with Gasteiger partial charge in [0.1, 0.15) is 16.5 Å². The molecule has 9 heteroatoms. The number of fused-ring (bicyclic) bond motifs is 1. The number of methoxy groups -OCH3 is 1. The molecule has 0 amide bonds. The Hall–Kier alpha value is -2.39. The van der Waals surface area contributed by atoms with Crippen LogP contribution in [0.1, 0.15) is 41.1 Å². The molecule has 3 aromatic rings. The lowest BCUT2D eigenvalue weighted by atomic mass is 9.95. The number of nitrogens with one attached hydrogen (secondary N) is 1. The summed E-state index contributed by atoms with van der Waals surface area (Å²) >= 11 is 1.43. The number of piperidine rings is 1. The molecule has 4 heterocycles. The van der Waals surface area contributed by atoms with Gasteiger partial charge in [0.2, 0.25) is 10.8 Å². The van der Waals surface area contributed by atoms with Gasteiger partial charge in [-0.1, -0.05) is 11.3 Å². The van der Waals surface area contributed by atoms with Crippen LogP contribution in [-0.4, -0.2) is 45.9 Å². The van der Waals surface area contributed by atoms with Crippen molar-refractivity contribution < 1.29 is 24.0 Å². The highest BCUT2D eigenvalue weighted by Crippen LogP contribution is 2.36. The smallest absolute Gasteiger partial charge is 0.309 e. The van der Waals surface area contributed by atoms with Gasteiger partial charge in [-0.25, -0.2) is 4.98 Å². The Balaban J connectivity index is 1.69. The van der Waals surface area contributed by atoms with Gasteiger partial charge in [-0.2, -0.15) is 4.52 Å². The Bertz CT molecular complexity index is 967. The molecule has 27 heavy (non-hydrogen) atoms. The van der Waals surface area contributed by atoms with E-state index in [9.17, 15) is 9.90 Å². The molecule has 144 valence electrons. The zero-order valence-electron chi connectivity index (χ0n) is 15.6. The van der Waals surface area contributed by atoms with E-state index in [1.54, 1.807) is 6.92 Å². The third-order valence-corrected chi connectivity index (χ3v) is 6.27. The monoisotopic (exact) mass is 391 g/mol. The van der Waals surface area contributed by atoms with Crippen LogP contribution in [0, 0.1) is 19.8 Å². The van der Waals surface area contributed by atoms with Crippen molar-refractivity contribution in [2.75, 3.05) is 20.2 Å². The topological polar surface area (TPSA) is 94.3 Å². The number of carbonyl (C=O) groups excluding carboxylic acids is 1. The van der Waals surface area contributed by atoms with Crippen LogP contribution < -0.4 is 4.90 Å². The maximum absolute atomic E-state index is 11.8. The van der Waals surface area contributed by atoms with Crippen LogP contribution in [0.25, 0.3) is 4.96 Å². The number of carbonyl (C=O) groups is 1. The van der Waals surface area contributed by atoms with Crippen LogP contribution in [0.15, 0.2) is 16.5 Å². The molecular weight excluding hydrogens is 368 g/mol. The van der Waals surface area contributed by atoms with E-state index in [1.165, 1.54) is 27.9 Å². The van der Waals surface area contributed by atoms with Crippen molar-refractivity contribution in [1.82, 2.24) is 14.6 Å². The zero-order chi connectivity index (χ0) is 19.1. The molecule has 8 nitrogen and oxygen atoms in total. The Labute approximate surface area is 160 Å². The number of ether oxygens (including phenoxy) is 1. The number of aromatic hydroxyl groups is 1. The summed E-state index contributed by atoms with van der Waals surface area (Å²) in [5, 5.41) is 15.1. The Morgan fingerprint density at radius 2 is 2.15 bits per heavy atom. The number of rotatable bonds is 4. The summed E-state index contributed by atoms with van der Waals surface area (Å²) in [5.74, 6) is 2.16. The molecule has 0 unspecified atom stereocenters. The maximum atomic E-state index is 11.8. The minimum Gasteiger partial charge on any atom is -0.492 e. The van der Waals surface area contributed by atoms with Gasteiger partial charge in [0.05, 0.1) is 26.1 Å². The number of likely N-dealkylation sites (tertiary alicyclic amines) is 1. The lowest BCUT2D eigenvalue weighted by molar-refractivity contribution is -0.931. The Kier molecular flexibility index (Phi) is 4.65. The molecule has 1 atom stereocenters. The second-order valence-corrected chi connectivity index (χ2v) is 7.99. The van der Waals surface area contributed by atoms with Crippen molar-refractivity contribution in [1.29, 1.82) is 0 Å². The number of aryl methyl sites for hydroxylation is 2. The minimum absolute atomic E-state index is 0.0590. The summed E-state index contributed by atoms with van der Waals surface area (Å²) in [6.45, 7) is 5.28. The highest BCUT2D eigenvalue weighted by molar-refractivity contribution is 7.17. The van der Waals surface area contributed by atoms with Gasteiger partial charge in [0.25, 0.3) is 0 Å². The molecule has 2 N–H and O–H groups in total. The predicted molar refractivity (Wildman–Crippen MR) is 98.0 cm³/mol. The second kappa shape index (κ2) is 6.97. The van der Waals surface area contributed by atoms with Gasteiger partial charge in [-0.3, -0.25) is 4.79 Å².